The first kappa shape index (κ1) is 23.3. The number of carbonyl (C=O) groups excluding carboxylic acids is 1. The Hall–Kier alpha value is -2.93. The van der Waals surface area contributed by atoms with Crippen molar-refractivity contribution in [2.24, 2.45) is 16.6 Å². The molecule has 0 aliphatic heterocycles. The van der Waals surface area contributed by atoms with Crippen LogP contribution in [0.3, 0.4) is 0 Å². The van der Waals surface area contributed by atoms with E-state index in [4.69, 9.17) is 10.5 Å². The molecule has 2 rings (SSSR count). The third-order valence-corrected chi connectivity index (χ3v) is 4.79. The monoisotopic (exact) mass is 414 g/mol. The lowest BCUT2D eigenvalue weighted by Gasteiger charge is -2.18. The van der Waals surface area contributed by atoms with Crippen molar-refractivity contribution in [1.82, 2.24) is 10.6 Å². The van der Waals surface area contributed by atoms with Crippen LogP contribution in [0.25, 0.3) is 0 Å². The maximum atomic E-state index is 13.0. The van der Waals surface area contributed by atoms with Gasteiger partial charge in [-0.25, -0.2) is 4.39 Å². The molecule has 2 atom stereocenters. The first-order valence-electron chi connectivity index (χ1n) is 10.1. The second-order valence-corrected chi connectivity index (χ2v) is 7.09. The van der Waals surface area contributed by atoms with E-state index in [1.165, 1.54) is 12.1 Å². The molecule has 4 N–H and O–H groups in total. The van der Waals surface area contributed by atoms with Gasteiger partial charge in [-0.15, -0.1) is 0 Å². The zero-order valence-corrected chi connectivity index (χ0v) is 17.6. The Kier molecular flexibility index (Phi) is 9.80. The van der Waals surface area contributed by atoms with Crippen molar-refractivity contribution in [3.05, 3.63) is 71.5 Å². The standard InChI is InChI=1S/C23H31FN4O2/c1-17(19-7-4-3-5-8-19)30-14-6-13-27-23(26-2)28-16-20(22(25)29)15-18-9-11-21(24)12-10-18/h3-5,7-12,17,20H,6,13-16H2,1-2H3,(H2,25,29)(H2,26,27,28). The molecule has 2 unspecified atom stereocenters. The fraction of sp³-hybridized carbons (Fsp3) is 0.391. The van der Waals surface area contributed by atoms with E-state index in [-0.39, 0.29) is 11.9 Å². The van der Waals surface area contributed by atoms with Gasteiger partial charge in [-0.3, -0.25) is 9.79 Å². The van der Waals surface area contributed by atoms with Crippen molar-refractivity contribution in [3.8, 4) is 0 Å². The molecule has 30 heavy (non-hydrogen) atoms. The van der Waals surface area contributed by atoms with Crippen molar-refractivity contribution >= 4 is 11.9 Å². The van der Waals surface area contributed by atoms with Crippen LogP contribution in [-0.4, -0.2) is 38.6 Å². The van der Waals surface area contributed by atoms with Crippen LogP contribution in [0.4, 0.5) is 4.39 Å². The van der Waals surface area contributed by atoms with Gasteiger partial charge in [0, 0.05) is 26.7 Å². The van der Waals surface area contributed by atoms with Crippen LogP contribution in [0.15, 0.2) is 59.6 Å². The van der Waals surface area contributed by atoms with Gasteiger partial charge in [0.15, 0.2) is 5.96 Å². The zero-order chi connectivity index (χ0) is 21.8. The molecule has 6 nitrogen and oxygen atoms in total. The van der Waals surface area contributed by atoms with E-state index < -0.39 is 11.8 Å². The summed E-state index contributed by atoms with van der Waals surface area (Å²) >= 11 is 0. The number of guanidine groups is 1. The average Bonchev–Trinajstić information content (AvgIpc) is 2.76. The summed E-state index contributed by atoms with van der Waals surface area (Å²) in [4.78, 5) is 16.0. The Balaban J connectivity index is 1.69. The maximum Gasteiger partial charge on any atom is 0.222 e. The Labute approximate surface area is 177 Å². The number of carbonyl (C=O) groups is 1. The highest BCUT2D eigenvalue weighted by molar-refractivity contribution is 5.81. The zero-order valence-electron chi connectivity index (χ0n) is 17.6. The predicted octanol–water partition coefficient (Wildman–Crippen LogP) is 2.80. The highest BCUT2D eigenvalue weighted by Gasteiger charge is 2.16. The summed E-state index contributed by atoms with van der Waals surface area (Å²) in [6.45, 7) is 3.68. The summed E-state index contributed by atoms with van der Waals surface area (Å²) in [6, 6.07) is 16.2. The summed E-state index contributed by atoms with van der Waals surface area (Å²) in [7, 11) is 1.67. The summed E-state index contributed by atoms with van der Waals surface area (Å²) < 4.78 is 18.9. The molecule has 1 amide bonds. The SMILES string of the molecule is CN=C(NCCCOC(C)c1ccccc1)NCC(Cc1ccc(F)cc1)C(N)=O. The summed E-state index contributed by atoms with van der Waals surface area (Å²) in [5, 5.41) is 6.34. The van der Waals surface area contributed by atoms with E-state index in [1.54, 1.807) is 19.2 Å². The predicted molar refractivity (Wildman–Crippen MR) is 118 cm³/mol. The third-order valence-electron chi connectivity index (χ3n) is 4.79. The molecule has 0 fully saturated rings. The molecule has 0 bridgehead atoms. The normalized spacial score (nSPS) is 13.5. The van der Waals surface area contributed by atoms with Gasteiger partial charge >= 0.3 is 0 Å². The molecule has 0 radical (unpaired) electrons. The maximum absolute atomic E-state index is 13.0. The van der Waals surface area contributed by atoms with Gasteiger partial charge in [0.25, 0.3) is 0 Å². The van der Waals surface area contributed by atoms with Crippen molar-refractivity contribution < 1.29 is 13.9 Å². The fourth-order valence-corrected chi connectivity index (χ4v) is 2.98. The Morgan fingerprint density at radius 1 is 1.13 bits per heavy atom. The van der Waals surface area contributed by atoms with Crippen LogP contribution in [0.2, 0.25) is 0 Å². The molecule has 0 aliphatic carbocycles. The molecule has 162 valence electrons. The van der Waals surface area contributed by atoms with Gasteiger partial charge in [-0.05, 0) is 43.0 Å². The number of benzene rings is 2. The van der Waals surface area contributed by atoms with Crippen LogP contribution in [0, 0.1) is 11.7 Å². The second-order valence-electron chi connectivity index (χ2n) is 7.09. The van der Waals surface area contributed by atoms with Crippen molar-refractivity contribution in [3.63, 3.8) is 0 Å². The molecule has 0 heterocycles. The summed E-state index contributed by atoms with van der Waals surface area (Å²) in [5.41, 5.74) is 7.54. The molecule has 7 heteroatoms. The molecule has 2 aromatic rings. The Morgan fingerprint density at radius 2 is 1.83 bits per heavy atom. The average molecular weight is 415 g/mol. The van der Waals surface area contributed by atoms with E-state index in [9.17, 15) is 9.18 Å². The van der Waals surface area contributed by atoms with Crippen molar-refractivity contribution in [2.45, 2.75) is 25.9 Å². The number of hydrogen-bond acceptors (Lipinski definition) is 3. The third kappa shape index (κ3) is 8.21. The number of rotatable bonds is 11. The van der Waals surface area contributed by atoms with Gasteiger partial charge < -0.3 is 21.1 Å². The van der Waals surface area contributed by atoms with Crippen LogP contribution in [-0.2, 0) is 16.0 Å². The van der Waals surface area contributed by atoms with Crippen LogP contribution in [0.1, 0.15) is 30.6 Å². The van der Waals surface area contributed by atoms with E-state index in [0.29, 0.717) is 32.1 Å². The lowest BCUT2D eigenvalue weighted by atomic mass is 9.98. The largest absolute Gasteiger partial charge is 0.374 e. The molecule has 0 aliphatic rings. The fourth-order valence-electron chi connectivity index (χ4n) is 2.98. The highest BCUT2D eigenvalue weighted by Crippen LogP contribution is 2.15. The Bertz CT molecular complexity index is 797. The number of amides is 1. The number of hydrogen-bond donors (Lipinski definition) is 3. The van der Waals surface area contributed by atoms with Crippen LogP contribution >= 0.6 is 0 Å². The number of primary amides is 1. The van der Waals surface area contributed by atoms with Crippen LogP contribution < -0.4 is 16.4 Å². The van der Waals surface area contributed by atoms with Gasteiger partial charge in [0.05, 0.1) is 12.0 Å². The quantitative estimate of drug-likeness (QED) is 0.300. The van der Waals surface area contributed by atoms with Gasteiger partial charge in [-0.2, -0.15) is 0 Å². The molecule has 0 aromatic heterocycles. The molecular formula is C23H31FN4O2. The van der Waals surface area contributed by atoms with Crippen molar-refractivity contribution in [1.29, 1.82) is 0 Å². The van der Waals surface area contributed by atoms with Crippen molar-refractivity contribution in [2.75, 3.05) is 26.7 Å². The number of halogens is 1. The van der Waals surface area contributed by atoms with E-state index in [2.05, 4.69) is 27.8 Å². The van der Waals surface area contributed by atoms with Gasteiger partial charge in [0.1, 0.15) is 5.82 Å². The summed E-state index contributed by atoms with van der Waals surface area (Å²) in [6.07, 6.45) is 1.30. The minimum absolute atomic E-state index is 0.0476. The molecule has 0 spiro atoms. The second kappa shape index (κ2) is 12.6. The van der Waals surface area contributed by atoms with E-state index in [0.717, 1.165) is 17.5 Å². The first-order valence-corrected chi connectivity index (χ1v) is 10.1. The van der Waals surface area contributed by atoms with Gasteiger partial charge in [0.2, 0.25) is 5.91 Å². The summed E-state index contributed by atoms with van der Waals surface area (Å²) in [5.74, 6) is -0.551. The highest BCUT2D eigenvalue weighted by atomic mass is 19.1. The molecule has 0 saturated heterocycles. The molecule has 0 saturated carbocycles. The molecule has 2 aromatic carbocycles. The van der Waals surface area contributed by atoms with Gasteiger partial charge in [-0.1, -0.05) is 42.5 Å². The minimum atomic E-state index is -0.427. The number of nitrogens with two attached hydrogens (primary N) is 1. The lowest BCUT2D eigenvalue weighted by molar-refractivity contribution is -0.121. The van der Waals surface area contributed by atoms with E-state index in [1.807, 2.05) is 25.1 Å². The minimum Gasteiger partial charge on any atom is -0.374 e. The topological polar surface area (TPSA) is 88.7 Å². The number of nitrogens with zero attached hydrogens (tertiary/aromatic N) is 1. The smallest absolute Gasteiger partial charge is 0.222 e. The number of ether oxygens (including phenoxy) is 1. The van der Waals surface area contributed by atoms with E-state index >= 15 is 0 Å². The lowest BCUT2D eigenvalue weighted by Crippen LogP contribution is -2.43. The first-order chi connectivity index (χ1) is 14.5. The number of nitrogens with one attached hydrogen (secondary N) is 2. The number of aliphatic imine (C=N–C) groups is 1. The molecular weight excluding hydrogens is 383 g/mol. The van der Waals surface area contributed by atoms with Crippen LogP contribution in [0.5, 0.6) is 0 Å². The Morgan fingerprint density at radius 3 is 2.47 bits per heavy atom.